The molecule has 0 aliphatic heterocycles. The molecule has 118 valence electrons. The maximum atomic E-state index is 12.6. The van der Waals surface area contributed by atoms with Crippen LogP contribution in [0.15, 0.2) is 59.5 Å². The van der Waals surface area contributed by atoms with Crippen LogP contribution in [-0.2, 0) is 22.0 Å². The van der Waals surface area contributed by atoms with Gasteiger partial charge in [-0.15, -0.1) is 0 Å². The van der Waals surface area contributed by atoms with Gasteiger partial charge >= 0.3 is 0 Å². The third kappa shape index (κ3) is 3.76. The fourth-order valence-electron chi connectivity index (χ4n) is 2.23. The van der Waals surface area contributed by atoms with Crippen LogP contribution in [-0.4, -0.2) is 19.8 Å². The maximum absolute atomic E-state index is 12.6. The highest BCUT2D eigenvalue weighted by Crippen LogP contribution is 2.24. The fraction of sp³-hybridized carbons (Fsp3) is 0.333. The SMILES string of the molecule is CN(Cc1ccccc1)S(=O)(=O)c1ccc(C(C)(C)C)cc1. The van der Waals surface area contributed by atoms with Gasteiger partial charge in [0.2, 0.25) is 10.0 Å². The number of rotatable bonds is 4. The van der Waals surface area contributed by atoms with Gasteiger partial charge in [-0.3, -0.25) is 0 Å². The molecule has 0 aliphatic rings. The second kappa shape index (κ2) is 6.23. The van der Waals surface area contributed by atoms with Crippen LogP contribution in [0.25, 0.3) is 0 Å². The minimum Gasteiger partial charge on any atom is -0.207 e. The van der Waals surface area contributed by atoms with Crippen LogP contribution < -0.4 is 0 Å². The van der Waals surface area contributed by atoms with E-state index in [1.807, 2.05) is 42.5 Å². The average molecular weight is 317 g/mol. The van der Waals surface area contributed by atoms with Gasteiger partial charge in [0.05, 0.1) is 4.90 Å². The summed E-state index contributed by atoms with van der Waals surface area (Å²) in [4.78, 5) is 0.332. The molecule has 0 aliphatic carbocycles. The van der Waals surface area contributed by atoms with E-state index in [9.17, 15) is 8.42 Å². The molecule has 0 amide bonds. The van der Waals surface area contributed by atoms with E-state index in [0.29, 0.717) is 11.4 Å². The first kappa shape index (κ1) is 16.7. The molecule has 2 aromatic carbocycles. The zero-order valence-electron chi connectivity index (χ0n) is 13.6. The van der Waals surface area contributed by atoms with Crippen LogP contribution in [0.4, 0.5) is 0 Å². The molecular formula is C18H23NO2S. The summed E-state index contributed by atoms with van der Waals surface area (Å²) in [5, 5.41) is 0. The summed E-state index contributed by atoms with van der Waals surface area (Å²) in [6, 6.07) is 16.8. The molecule has 3 nitrogen and oxygen atoms in total. The molecule has 0 bridgehead atoms. The third-order valence-electron chi connectivity index (χ3n) is 3.68. The lowest BCUT2D eigenvalue weighted by molar-refractivity contribution is 0.466. The molecule has 2 aromatic rings. The molecule has 0 heterocycles. The second-order valence-corrected chi connectivity index (χ2v) is 8.57. The van der Waals surface area contributed by atoms with Gasteiger partial charge < -0.3 is 0 Å². The van der Waals surface area contributed by atoms with E-state index in [2.05, 4.69) is 20.8 Å². The lowest BCUT2D eigenvalue weighted by atomic mass is 9.87. The summed E-state index contributed by atoms with van der Waals surface area (Å²) in [7, 11) is -1.85. The molecule has 4 heteroatoms. The van der Waals surface area contributed by atoms with Crippen LogP contribution in [0.5, 0.6) is 0 Å². The minimum atomic E-state index is -3.47. The van der Waals surface area contributed by atoms with Crippen LogP contribution in [0, 0.1) is 0 Å². The second-order valence-electron chi connectivity index (χ2n) is 6.52. The maximum Gasteiger partial charge on any atom is 0.243 e. The monoisotopic (exact) mass is 317 g/mol. The highest BCUT2D eigenvalue weighted by Gasteiger charge is 2.22. The Morgan fingerprint density at radius 2 is 1.45 bits per heavy atom. The first-order valence-corrected chi connectivity index (χ1v) is 8.76. The van der Waals surface area contributed by atoms with Crippen molar-refractivity contribution in [2.45, 2.75) is 37.6 Å². The number of benzene rings is 2. The Morgan fingerprint density at radius 3 is 1.95 bits per heavy atom. The average Bonchev–Trinajstić information content (AvgIpc) is 2.47. The quantitative estimate of drug-likeness (QED) is 0.860. The minimum absolute atomic E-state index is 0.0121. The van der Waals surface area contributed by atoms with E-state index in [1.54, 1.807) is 19.2 Å². The van der Waals surface area contributed by atoms with Gasteiger partial charge in [0.25, 0.3) is 0 Å². The van der Waals surface area contributed by atoms with E-state index in [4.69, 9.17) is 0 Å². The molecule has 0 saturated heterocycles. The topological polar surface area (TPSA) is 37.4 Å². The van der Waals surface area contributed by atoms with E-state index in [0.717, 1.165) is 11.1 Å². The summed E-state index contributed by atoms with van der Waals surface area (Å²) in [5.74, 6) is 0. The van der Waals surface area contributed by atoms with Crippen molar-refractivity contribution >= 4 is 10.0 Å². The van der Waals surface area contributed by atoms with Crippen LogP contribution in [0.1, 0.15) is 31.9 Å². The summed E-state index contributed by atoms with van der Waals surface area (Å²) < 4.78 is 26.6. The lowest BCUT2D eigenvalue weighted by Gasteiger charge is -2.21. The Balaban J connectivity index is 2.22. The van der Waals surface area contributed by atoms with Crippen molar-refractivity contribution in [2.24, 2.45) is 0 Å². The summed E-state index contributed by atoms with van der Waals surface area (Å²) in [5.41, 5.74) is 2.11. The Morgan fingerprint density at radius 1 is 0.909 bits per heavy atom. The summed E-state index contributed by atoms with van der Waals surface area (Å²) in [6.07, 6.45) is 0. The fourth-order valence-corrected chi connectivity index (χ4v) is 3.39. The number of nitrogens with zero attached hydrogens (tertiary/aromatic N) is 1. The van der Waals surface area contributed by atoms with Gasteiger partial charge in [0.15, 0.2) is 0 Å². The highest BCUT2D eigenvalue weighted by atomic mass is 32.2. The smallest absolute Gasteiger partial charge is 0.207 e. The van der Waals surface area contributed by atoms with Crippen LogP contribution in [0.3, 0.4) is 0 Å². The van der Waals surface area contributed by atoms with Crippen LogP contribution >= 0.6 is 0 Å². The predicted octanol–water partition coefficient (Wildman–Crippen LogP) is 3.80. The molecule has 0 unspecified atom stereocenters. The molecule has 2 rings (SSSR count). The summed E-state index contributed by atoms with van der Waals surface area (Å²) in [6.45, 7) is 6.69. The van der Waals surface area contributed by atoms with Gasteiger partial charge in [-0.2, -0.15) is 4.31 Å². The van der Waals surface area contributed by atoms with Gasteiger partial charge in [-0.05, 0) is 28.7 Å². The van der Waals surface area contributed by atoms with E-state index in [-0.39, 0.29) is 5.41 Å². The normalized spacial score (nSPS) is 12.6. The van der Waals surface area contributed by atoms with Gasteiger partial charge in [-0.1, -0.05) is 63.2 Å². The van der Waals surface area contributed by atoms with Crippen molar-refractivity contribution in [2.75, 3.05) is 7.05 Å². The highest BCUT2D eigenvalue weighted by molar-refractivity contribution is 7.89. The van der Waals surface area contributed by atoms with Crippen molar-refractivity contribution in [1.29, 1.82) is 0 Å². The standard InChI is InChI=1S/C18H23NO2S/c1-18(2,3)16-10-12-17(13-11-16)22(20,21)19(4)14-15-8-6-5-7-9-15/h5-13H,14H2,1-4H3. The van der Waals surface area contributed by atoms with Crippen molar-refractivity contribution < 1.29 is 8.42 Å². The number of sulfonamides is 1. The summed E-state index contributed by atoms with van der Waals surface area (Å²) >= 11 is 0. The van der Waals surface area contributed by atoms with Crippen molar-refractivity contribution in [1.82, 2.24) is 4.31 Å². The Hall–Kier alpha value is -1.65. The molecule has 0 atom stereocenters. The van der Waals surface area contributed by atoms with Gasteiger partial charge in [-0.25, -0.2) is 8.42 Å². The molecule has 22 heavy (non-hydrogen) atoms. The molecule has 0 saturated carbocycles. The van der Waals surface area contributed by atoms with E-state index >= 15 is 0 Å². The number of hydrogen-bond acceptors (Lipinski definition) is 2. The lowest BCUT2D eigenvalue weighted by Crippen LogP contribution is -2.26. The number of hydrogen-bond donors (Lipinski definition) is 0. The largest absolute Gasteiger partial charge is 0.243 e. The molecule has 0 radical (unpaired) electrons. The molecular weight excluding hydrogens is 294 g/mol. The molecule has 0 aromatic heterocycles. The zero-order chi connectivity index (χ0) is 16.4. The Bertz CT molecular complexity index is 714. The van der Waals surface area contributed by atoms with Crippen molar-refractivity contribution in [3.8, 4) is 0 Å². The third-order valence-corrected chi connectivity index (χ3v) is 5.49. The van der Waals surface area contributed by atoms with Gasteiger partial charge in [0.1, 0.15) is 0 Å². The molecule has 0 N–H and O–H groups in total. The molecule has 0 spiro atoms. The van der Waals surface area contributed by atoms with E-state index < -0.39 is 10.0 Å². The Kier molecular flexibility index (Phi) is 4.73. The molecule has 0 fully saturated rings. The predicted molar refractivity (Wildman–Crippen MR) is 90.2 cm³/mol. The van der Waals surface area contributed by atoms with Crippen LogP contribution in [0.2, 0.25) is 0 Å². The first-order chi connectivity index (χ1) is 10.2. The Labute approximate surface area is 133 Å². The van der Waals surface area contributed by atoms with Gasteiger partial charge in [0, 0.05) is 13.6 Å². The van der Waals surface area contributed by atoms with E-state index in [1.165, 1.54) is 4.31 Å². The first-order valence-electron chi connectivity index (χ1n) is 7.32. The van der Waals surface area contributed by atoms with Crippen molar-refractivity contribution in [3.63, 3.8) is 0 Å². The zero-order valence-corrected chi connectivity index (χ0v) is 14.4. The van der Waals surface area contributed by atoms with Crippen molar-refractivity contribution in [3.05, 3.63) is 65.7 Å².